The van der Waals surface area contributed by atoms with Crippen LogP contribution in [0.25, 0.3) is 17.1 Å². The summed E-state index contributed by atoms with van der Waals surface area (Å²) in [5.41, 5.74) is 5.78. The molecule has 0 aliphatic carbocycles. The highest BCUT2D eigenvalue weighted by Gasteiger charge is 2.19. The first kappa shape index (κ1) is 18.6. The summed E-state index contributed by atoms with van der Waals surface area (Å²) in [7, 11) is 0. The van der Waals surface area contributed by atoms with Gasteiger partial charge in [0.2, 0.25) is 5.82 Å². The minimum absolute atomic E-state index is 0.130. The van der Waals surface area contributed by atoms with Crippen LogP contribution in [0.5, 0.6) is 0 Å². The van der Waals surface area contributed by atoms with Crippen molar-refractivity contribution < 1.29 is 4.79 Å². The molecule has 0 fully saturated rings. The van der Waals surface area contributed by atoms with Gasteiger partial charge in [-0.15, -0.1) is 5.10 Å². The van der Waals surface area contributed by atoms with E-state index in [9.17, 15) is 4.79 Å². The molecule has 29 heavy (non-hydrogen) atoms. The van der Waals surface area contributed by atoms with Gasteiger partial charge in [0.1, 0.15) is 0 Å². The number of benzene rings is 3. The van der Waals surface area contributed by atoms with Crippen LogP contribution in [0.2, 0.25) is 0 Å². The molecule has 1 aromatic heterocycles. The zero-order valence-corrected chi connectivity index (χ0v) is 16.7. The first-order valence-electron chi connectivity index (χ1n) is 9.49. The molecule has 0 bridgehead atoms. The molecular weight excluding hydrogens is 360 g/mol. The van der Waals surface area contributed by atoms with Gasteiger partial charge in [-0.2, -0.15) is 0 Å². The minimum atomic E-state index is -0.333. The highest BCUT2D eigenvalue weighted by Crippen LogP contribution is 2.23. The van der Waals surface area contributed by atoms with E-state index in [2.05, 4.69) is 15.4 Å². The molecule has 0 spiro atoms. The van der Waals surface area contributed by atoms with Crippen LogP contribution in [0.4, 0.5) is 5.69 Å². The largest absolute Gasteiger partial charge is 0.319 e. The Bertz CT molecular complexity index is 1180. The first-order chi connectivity index (χ1) is 14.0. The van der Waals surface area contributed by atoms with Crippen LogP contribution in [0.3, 0.4) is 0 Å². The van der Waals surface area contributed by atoms with Crippen LogP contribution in [-0.2, 0) is 0 Å². The summed E-state index contributed by atoms with van der Waals surface area (Å²) < 4.78 is 1.71. The second-order valence-electron chi connectivity index (χ2n) is 7.15. The Balaban J connectivity index is 1.75. The lowest BCUT2D eigenvalue weighted by Gasteiger charge is -2.07. The Morgan fingerprint density at radius 2 is 1.62 bits per heavy atom. The molecule has 0 aliphatic rings. The second-order valence-corrected chi connectivity index (χ2v) is 7.15. The summed E-state index contributed by atoms with van der Waals surface area (Å²) in [6.45, 7) is 6.02. The third-order valence-electron chi connectivity index (χ3n) is 4.72. The van der Waals surface area contributed by atoms with Crippen LogP contribution >= 0.6 is 0 Å². The Hall–Kier alpha value is -3.73. The van der Waals surface area contributed by atoms with Gasteiger partial charge in [-0.3, -0.25) is 4.79 Å². The smallest absolute Gasteiger partial charge is 0.295 e. The summed E-state index contributed by atoms with van der Waals surface area (Å²) in [5, 5.41) is 7.45. The number of hydrogen-bond acceptors (Lipinski definition) is 3. The Kier molecular flexibility index (Phi) is 4.96. The van der Waals surface area contributed by atoms with Crippen molar-refractivity contribution >= 4 is 11.6 Å². The Morgan fingerprint density at radius 1 is 0.862 bits per heavy atom. The number of aromatic nitrogens is 3. The molecule has 1 heterocycles. The molecule has 5 nitrogen and oxygen atoms in total. The third kappa shape index (κ3) is 3.94. The van der Waals surface area contributed by atoms with Gasteiger partial charge in [-0.25, -0.2) is 9.67 Å². The number of anilines is 1. The summed E-state index contributed by atoms with van der Waals surface area (Å²) in [5.74, 6) is 0.427. The van der Waals surface area contributed by atoms with Crippen molar-refractivity contribution in [2.24, 2.45) is 0 Å². The molecule has 0 aliphatic heterocycles. The summed E-state index contributed by atoms with van der Waals surface area (Å²) >= 11 is 0. The molecule has 0 unspecified atom stereocenters. The van der Waals surface area contributed by atoms with E-state index in [0.717, 1.165) is 33.6 Å². The van der Waals surface area contributed by atoms with E-state index in [1.165, 1.54) is 0 Å². The van der Waals surface area contributed by atoms with E-state index < -0.39 is 0 Å². The van der Waals surface area contributed by atoms with E-state index >= 15 is 0 Å². The number of hydrogen-bond donors (Lipinski definition) is 1. The summed E-state index contributed by atoms with van der Waals surface area (Å²) in [6, 6.07) is 23.6. The van der Waals surface area contributed by atoms with Gasteiger partial charge in [0.05, 0.1) is 5.69 Å². The van der Waals surface area contributed by atoms with Crippen molar-refractivity contribution in [3.63, 3.8) is 0 Å². The molecule has 5 heteroatoms. The molecule has 4 rings (SSSR count). The molecule has 0 atom stereocenters. The lowest BCUT2D eigenvalue weighted by molar-refractivity contribution is 0.101. The molecule has 0 saturated carbocycles. The molecule has 4 aromatic rings. The molecule has 144 valence electrons. The molecule has 0 radical (unpaired) electrons. The second kappa shape index (κ2) is 7.72. The van der Waals surface area contributed by atoms with Crippen molar-refractivity contribution in [2.45, 2.75) is 20.8 Å². The summed E-state index contributed by atoms with van der Waals surface area (Å²) in [6.07, 6.45) is 0. The van der Waals surface area contributed by atoms with Crippen molar-refractivity contribution in [2.75, 3.05) is 5.32 Å². The Morgan fingerprint density at radius 3 is 2.34 bits per heavy atom. The predicted octanol–water partition coefficient (Wildman–Crippen LogP) is 5.11. The maximum absolute atomic E-state index is 12.9. The van der Waals surface area contributed by atoms with Gasteiger partial charge < -0.3 is 5.32 Å². The monoisotopic (exact) mass is 382 g/mol. The SMILES string of the molecule is Cc1cccc(-c2nc(C(=O)Nc3ccc(C)cc3C)nn2-c2ccccc2)c1. The van der Waals surface area contributed by atoms with Crippen molar-refractivity contribution in [1.29, 1.82) is 0 Å². The zero-order chi connectivity index (χ0) is 20.4. The van der Waals surface area contributed by atoms with Gasteiger partial charge in [0.15, 0.2) is 5.82 Å². The molecular formula is C24H22N4O. The first-order valence-corrected chi connectivity index (χ1v) is 9.49. The molecule has 1 N–H and O–H groups in total. The van der Waals surface area contributed by atoms with E-state index in [-0.39, 0.29) is 11.7 Å². The number of aryl methyl sites for hydroxylation is 3. The minimum Gasteiger partial charge on any atom is -0.319 e. The highest BCUT2D eigenvalue weighted by atomic mass is 16.2. The van der Waals surface area contributed by atoms with Crippen LogP contribution in [0.15, 0.2) is 72.8 Å². The van der Waals surface area contributed by atoms with Gasteiger partial charge in [0.25, 0.3) is 5.91 Å². The van der Waals surface area contributed by atoms with Crippen molar-refractivity contribution in [3.05, 3.63) is 95.3 Å². The fraction of sp³-hybridized carbons (Fsp3) is 0.125. The normalized spacial score (nSPS) is 10.7. The van der Waals surface area contributed by atoms with Gasteiger partial charge in [-0.05, 0) is 50.6 Å². The number of carbonyl (C=O) groups excluding carboxylic acids is 1. The van der Waals surface area contributed by atoms with E-state index in [1.807, 2.05) is 93.6 Å². The van der Waals surface area contributed by atoms with E-state index in [0.29, 0.717) is 5.82 Å². The van der Waals surface area contributed by atoms with Crippen molar-refractivity contribution in [3.8, 4) is 17.1 Å². The summed E-state index contributed by atoms with van der Waals surface area (Å²) in [4.78, 5) is 17.5. The maximum Gasteiger partial charge on any atom is 0.295 e. The Labute approximate surface area is 170 Å². The quantitative estimate of drug-likeness (QED) is 0.533. The number of rotatable bonds is 4. The maximum atomic E-state index is 12.9. The van der Waals surface area contributed by atoms with Gasteiger partial charge in [-0.1, -0.05) is 59.7 Å². The number of carbonyl (C=O) groups is 1. The predicted molar refractivity (Wildman–Crippen MR) is 115 cm³/mol. The molecule has 0 saturated heterocycles. The van der Waals surface area contributed by atoms with Gasteiger partial charge in [0, 0.05) is 11.3 Å². The third-order valence-corrected chi connectivity index (χ3v) is 4.72. The standard InChI is InChI=1S/C24H22N4O/c1-16-8-7-9-19(15-16)23-26-22(27-28(23)20-10-5-4-6-11-20)24(29)25-21-13-12-17(2)14-18(21)3/h4-15H,1-3H3,(H,25,29). The zero-order valence-electron chi connectivity index (χ0n) is 16.7. The van der Waals surface area contributed by atoms with Crippen LogP contribution in [0.1, 0.15) is 27.3 Å². The molecule has 3 aromatic carbocycles. The average molecular weight is 382 g/mol. The van der Waals surface area contributed by atoms with Crippen LogP contribution in [-0.4, -0.2) is 20.7 Å². The lowest BCUT2D eigenvalue weighted by atomic mass is 10.1. The van der Waals surface area contributed by atoms with Gasteiger partial charge >= 0.3 is 0 Å². The lowest BCUT2D eigenvalue weighted by Crippen LogP contribution is -2.15. The fourth-order valence-corrected chi connectivity index (χ4v) is 3.26. The van der Waals surface area contributed by atoms with Crippen molar-refractivity contribution in [1.82, 2.24) is 14.8 Å². The number of amides is 1. The topological polar surface area (TPSA) is 59.8 Å². The van der Waals surface area contributed by atoms with Crippen LogP contribution in [0, 0.1) is 20.8 Å². The number of para-hydroxylation sites is 1. The fourth-order valence-electron chi connectivity index (χ4n) is 3.26. The number of nitrogens with one attached hydrogen (secondary N) is 1. The van der Waals surface area contributed by atoms with E-state index in [4.69, 9.17) is 0 Å². The average Bonchev–Trinajstić information content (AvgIpc) is 3.16. The van der Waals surface area contributed by atoms with Crippen LogP contribution < -0.4 is 5.32 Å². The van der Waals surface area contributed by atoms with E-state index in [1.54, 1.807) is 4.68 Å². The number of nitrogens with zero attached hydrogens (tertiary/aromatic N) is 3. The molecule has 1 amide bonds. The highest BCUT2D eigenvalue weighted by molar-refractivity contribution is 6.02.